The fourth-order valence-corrected chi connectivity index (χ4v) is 2.27. The summed E-state index contributed by atoms with van der Waals surface area (Å²) in [7, 11) is 0. The van der Waals surface area contributed by atoms with E-state index in [9.17, 15) is 4.79 Å². The number of hydrogen-bond acceptors (Lipinski definition) is 2. The second-order valence-corrected chi connectivity index (χ2v) is 5.09. The predicted octanol–water partition coefficient (Wildman–Crippen LogP) is 2.57. The normalized spacial score (nSPS) is 19.7. The first-order chi connectivity index (χ1) is 8.58. The van der Waals surface area contributed by atoms with Crippen molar-refractivity contribution >= 4 is 35.2 Å². The van der Waals surface area contributed by atoms with Gasteiger partial charge in [-0.25, -0.2) is 0 Å². The van der Waals surface area contributed by atoms with Crippen molar-refractivity contribution in [3.05, 3.63) is 39.9 Å². The van der Waals surface area contributed by atoms with Crippen molar-refractivity contribution in [3.63, 3.8) is 0 Å². The van der Waals surface area contributed by atoms with Gasteiger partial charge in [0.15, 0.2) is 0 Å². The van der Waals surface area contributed by atoms with Crippen molar-refractivity contribution in [2.75, 3.05) is 13.1 Å². The minimum Gasteiger partial charge on any atom is -0.338 e. The van der Waals surface area contributed by atoms with Crippen molar-refractivity contribution in [2.24, 2.45) is 5.73 Å². The van der Waals surface area contributed by atoms with Gasteiger partial charge < -0.3 is 10.6 Å². The maximum absolute atomic E-state index is 11.9. The quantitative estimate of drug-likeness (QED) is 0.849. The maximum atomic E-state index is 11.9. The number of hydrogen-bond donors (Lipinski definition) is 1. The molecule has 1 aliphatic rings. The fourth-order valence-electron chi connectivity index (χ4n) is 1.90. The number of benzene rings is 1. The molecule has 0 aromatic heterocycles. The van der Waals surface area contributed by atoms with Gasteiger partial charge in [-0.3, -0.25) is 4.79 Å². The van der Waals surface area contributed by atoms with Crippen LogP contribution >= 0.6 is 23.2 Å². The lowest BCUT2D eigenvalue weighted by atomic mass is 10.2. The second kappa shape index (κ2) is 5.74. The number of rotatable bonds is 2. The van der Waals surface area contributed by atoms with Crippen LogP contribution in [0, 0.1) is 0 Å². The largest absolute Gasteiger partial charge is 0.338 e. The maximum Gasteiger partial charge on any atom is 0.246 e. The highest BCUT2D eigenvalue weighted by molar-refractivity contribution is 6.42. The van der Waals surface area contributed by atoms with Crippen LogP contribution in [0.4, 0.5) is 0 Å². The Morgan fingerprint density at radius 1 is 1.44 bits per heavy atom. The van der Waals surface area contributed by atoms with Gasteiger partial charge >= 0.3 is 0 Å². The van der Waals surface area contributed by atoms with E-state index < -0.39 is 0 Å². The van der Waals surface area contributed by atoms with E-state index in [2.05, 4.69) is 0 Å². The van der Waals surface area contributed by atoms with Crippen molar-refractivity contribution in [1.29, 1.82) is 0 Å². The standard InChI is InChI=1S/C13H14Cl2N2O/c14-11-3-1-2-9(13(11)15)4-5-12(18)17-7-6-10(16)8-17/h1-5,10H,6-8,16H2. The van der Waals surface area contributed by atoms with Gasteiger partial charge in [-0.05, 0) is 24.1 Å². The lowest BCUT2D eigenvalue weighted by Gasteiger charge is -2.12. The van der Waals surface area contributed by atoms with E-state index in [-0.39, 0.29) is 11.9 Å². The molecule has 0 bridgehead atoms. The average Bonchev–Trinajstić information content (AvgIpc) is 2.77. The molecule has 1 heterocycles. The molecule has 1 unspecified atom stereocenters. The van der Waals surface area contributed by atoms with Gasteiger partial charge in [0.1, 0.15) is 0 Å². The summed E-state index contributed by atoms with van der Waals surface area (Å²) in [6.07, 6.45) is 4.05. The first-order valence-electron chi connectivity index (χ1n) is 5.74. The zero-order valence-electron chi connectivity index (χ0n) is 9.77. The van der Waals surface area contributed by atoms with E-state index in [1.165, 1.54) is 6.08 Å². The molecule has 2 N–H and O–H groups in total. The van der Waals surface area contributed by atoms with Gasteiger partial charge in [0.05, 0.1) is 10.0 Å². The van der Waals surface area contributed by atoms with Crippen LogP contribution in [-0.4, -0.2) is 29.9 Å². The summed E-state index contributed by atoms with van der Waals surface area (Å²) >= 11 is 11.9. The van der Waals surface area contributed by atoms with Crippen molar-refractivity contribution in [2.45, 2.75) is 12.5 Å². The van der Waals surface area contributed by atoms with Crippen molar-refractivity contribution < 1.29 is 4.79 Å². The Hall–Kier alpha value is -1.03. The Morgan fingerprint density at radius 3 is 2.89 bits per heavy atom. The molecule has 0 spiro atoms. The van der Waals surface area contributed by atoms with Gasteiger partial charge in [0.2, 0.25) is 5.91 Å². The molecule has 1 aromatic carbocycles. The highest BCUT2D eigenvalue weighted by Gasteiger charge is 2.21. The van der Waals surface area contributed by atoms with Gasteiger partial charge in [-0.2, -0.15) is 0 Å². The number of carbonyl (C=O) groups is 1. The Balaban J connectivity index is 2.06. The zero-order chi connectivity index (χ0) is 13.1. The molecule has 96 valence electrons. The fraction of sp³-hybridized carbons (Fsp3) is 0.308. The Morgan fingerprint density at radius 2 is 2.22 bits per heavy atom. The first kappa shape index (κ1) is 13.4. The topological polar surface area (TPSA) is 46.3 Å². The Labute approximate surface area is 116 Å². The third-order valence-electron chi connectivity index (χ3n) is 2.92. The first-order valence-corrected chi connectivity index (χ1v) is 6.50. The van der Waals surface area contributed by atoms with Crippen molar-refractivity contribution in [1.82, 2.24) is 4.90 Å². The van der Waals surface area contributed by atoms with E-state index >= 15 is 0 Å². The van der Waals surface area contributed by atoms with E-state index in [1.807, 2.05) is 6.07 Å². The van der Waals surface area contributed by atoms with Crippen LogP contribution in [0.1, 0.15) is 12.0 Å². The predicted molar refractivity (Wildman–Crippen MR) is 74.7 cm³/mol. The summed E-state index contributed by atoms with van der Waals surface area (Å²) in [6.45, 7) is 1.33. The highest BCUT2D eigenvalue weighted by Crippen LogP contribution is 2.26. The highest BCUT2D eigenvalue weighted by atomic mass is 35.5. The van der Waals surface area contributed by atoms with Crippen LogP contribution in [0.5, 0.6) is 0 Å². The molecule has 1 aliphatic heterocycles. The summed E-state index contributed by atoms with van der Waals surface area (Å²) in [5.74, 6) is -0.0426. The SMILES string of the molecule is NC1CCN(C(=O)C=Cc2cccc(Cl)c2Cl)C1. The smallest absolute Gasteiger partial charge is 0.246 e. The molecular formula is C13H14Cl2N2O. The lowest BCUT2D eigenvalue weighted by Crippen LogP contribution is -2.30. The van der Waals surface area contributed by atoms with Gasteiger partial charge in [-0.1, -0.05) is 35.3 Å². The summed E-state index contributed by atoms with van der Waals surface area (Å²) in [4.78, 5) is 13.6. The van der Waals surface area contributed by atoms with Crippen LogP contribution in [0.25, 0.3) is 6.08 Å². The minimum absolute atomic E-state index is 0.0426. The summed E-state index contributed by atoms with van der Waals surface area (Å²) in [6, 6.07) is 5.41. The van der Waals surface area contributed by atoms with Gasteiger partial charge in [0.25, 0.3) is 0 Å². The van der Waals surface area contributed by atoms with Crippen LogP contribution < -0.4 is 5.73 Å². The minimum atomic E-state index is -0.0426. The van der Waals surface area contributed by atoms with Crippen LogP contribution in [0.3, 0.4) is 0 Å². The second-order valence-electron chi connectivity index (χ2n) is 4.31. The number of nitrogens with two attached hydrogens (primary N) is 1. The molecule has 1 amide bonds. The molecule has 0 saturated carbocycles. The number of carbonyl (C=O) groups excluding carboxylic acids is 1. The van der Waals surface area contributed by atoms with E-state index in [4.69, 9.17) is 28.9 Å². The molecule has 0 aliphatic carbocycles. The molecule has 2 rings (SSSR count). The molecule has 1 saturated heterocycles. The van der Waals surface area contributed by atoms with E-state index in [0.29, 0.717) is 23.1 Å². The zero-order valence-corrected chi connectivity index (χ0v) is 11.3. The summed E-state index contributed by atoms with van der Waals surface area (Å²) < 4.78 is 0. The average molecular weight is 285 g/mol. The monoisotopic (exact) mass is 284 g/mol. The van der Waals surface area contributed by atoms with E-state index in [0.717, 1.165) is 12.0 Å². The molecule has 18 heavy (non-hydrogen) atoms. The molecule has 1 fully saturated rings. The molecule has 1 aromatic rings. The van der Waals surface area contributed by atoms with Crippen LogP contribution in [0.2, 0.25) is 10.0 Å². The third kappa shape index (κ3) is 3.05. The number of likely N-dealkylation sites (tertiary alicyclic amines) is 1. The molecular weight excluding hydrogens is 271 g/mol. The summed E-state index contributed by atoms with van der Waals surface area (Å²) in [5.41, 5.74) is 6.49. The number of nitrogens with zero attached hydrogens (tertiary/aromatic N) is 1. The number of amides is 1. The van der Waals surface area contributed by atoms with Crippen LogP contribution in [0.15, 0.2) is 24.3 Å². The molecule has 5 heteroatoms. The molecule has 1 atom stereocenters. The third-order valence-corrected chi connectivity index (χ3v) is 3.76. The molecule has 3 nitrogen and oxygen atoms in total. The summed E-state index contributed by atoms with van der Waals surface area (Å²) in [5, 5.41) is 0.941. The van der Waals surface area contributed by atoms with Crippen molar-refractivity contribution in [3.8, 4) is 0 Å². The Bertz CT molecular complexity index is 488. The Kier molecular flexibility index (Phi) is 4.27. The van der Waals surface area contributed by atoms with Gasteiger partial charge in [-0.15, -0.1) is 0 Å². The van der Waals surface area contributed by atoms with Gasteiger partial charge in [0, 0.05) is 25.2 Å². The molecule has 0 radical (unpaired) electrons. The number of halogens is 2. The van der Waals surface area contributed by atoms with Crippen LogP contribution in [-0.2, 0) is 4.79 Å². The van der Waals surface area contributed by atoms with E-state index in [1.54, 1.807) is 23.1 Å². The lowest BCUT2D eigenvalue weighted by molar-refractivity contribution is -0.124.